The summed E-state index contributed by atoms with van der Waals surface area (Å²) in [6, 6.07) is 0. The molecule has 0 atom stereocenters. The van der Waals surface area contributed by atoms with E-state index in [0.717, 1.165) is 6.92 Å². The Labute approximate surface area is 69.9 Å². The minimum absolute atomic E-state index is 0.000625. The first-order valence-electron chi connectivity index (χ1n) is 3.69. The van der Waals surface area contributed by atoms with Crippen LogP contribution >= 0.6 is 0 Å². The molecular weight excluding hydrogens is 168 g/mol. The van der Waals surface area contributed by atoms with Crippen LogP contribution in [-0.4, -0.2) is 18.6 Å². The van der Waals surface area contributed by atoms with Crippen molar-refractivity contribution in [3.05, 3.63) is 0 Å². The molecule has 0 heterocycles. The van der Waals surface area contributed by atoms with Crippen LogP contribution in [0.4, 0.5) is 8.78 Å². The van der Waals surface area contributed by atoms with Crippen molar-refractivity contribution in [3.63, 3.8) is 0 Å². The maximum atomic E-state index is 12.2. The lowest BCUT2D eigenvalue weighted by molar-refractivity contribution is -0.143. The molecule has 0 aliphatic heterocycles. The molecule has 72 valence electrons. The summed E-state index contributed by atoms with van der Waals surface area (Å²) in [5.74, 6) is -3.23. The zero-order valence-corrected chi connectivity index (χ0v) is 6.98. The van der Waals surface area contributed by atoms with E-state index < -0.39 is 11.9 Å². The maximum Gasteiger partial charge on any atom is 0.307 e. The number of hydrogen-bond donors (Lipinski definition) is 1. The lowest BCUT2D eigenvalue weighted by atomic mass is 10.1. The second-order valence-electron chi connectivity index (χ2n) is 2.61. The summed E-state index contributed by atoms with van der Waals surface area (Å²) in [6.45, 7) is 0.628. The van der Waals surface area contributed by atoms with Gasteiger partial charge in [0.05, 0.1) is 0 Å². The fourth-order valence-electron chi connectivity index (χ4n) is 0.708. The lowest BCUT2D eigenvalue weighted by Crippen LogP contribution is -2.14. The molecule has 0 radical (unpaired) electrons. The van der Waals surface area contributed by atoms with Crippen LogP contribution in [0.5, 0.6) is 0 Å². The maximum absolute atomic E-state index is 12.2. The number of rotatable bonds is 5. The van der Waals surface area contributed by atoms with Gasteiger partial charge in [-0.2, -0.15) is 0 Å². The number of carbonyl (C=O) groups is 1. The van der Waals surface area contributed by atoms with Crippen molar-refractivity contribution >= 4 is 5.97 Å². The Morgan fingerprint density at radius 2 is 2.17 bits per heavy atom. The van der Waals surface area contributed by atoms with Crippen LogP contribution in [0, 0.1) is 0 Å². The Balaban J connectivity index is 3.37. The van der Waals surface area contributed by atoms with E-state index in [1.165, 1.54) is 0 Å². The highest BCUT2D eigenvalue weighted by Crippen LogP contribution is 2.19. The number of carbonyl (C=O) groups excluding carboxylic acids is 1. The van der Waals surface area contributed by atoms with Gasteiger partial charge in [-0.1, -0.05) is 0 Å². The Hall–Kier alpha value is -0.710. The SMILES string of the molecule is CC(F)(F)CCCC(=O)OCN. The van der Waals surface area contributed by atoms with Gasteiger partial charge in [-0.05, 0) is 13.3 Å². The number of ether oxygens (including phenoxy) is 1. The van der Waals surface area contributed by atoms with Crippen molar-refractivity contribution in [3.8, 4) is 0 Å². The summed E-state index contributed by atoms with van der Waals surface area (Å²) < 4.78 is 28.7. The number of nitrogens with two attached hydrogens (primary N) is 1. The summed E-state index contributed by atoms with van der Waals surface area (Å²) in [5, 5.41) is 0. The van der Waals surface area contributed by atoms with Crippen LogP contribution in [0.1, 0.15) is 26.2 Å². The van der Waals surface area contributed by atoms with E-state index in [2.05, 4.69) is 4.74 Å². The number of hydrogen-bond acceptors (Lipinski definition) is 3. The zero-order chi connectivity index (χ0) is 9.61. The van der Waals surface area contributed by atoms with E-state index in [4.69, 9.17) is 5.73 Å². The molecule has 0 fully saturated rings. The molecule has 0 bridgehead atoms. The summed E-state index contributed by atoms with van der Waals surface area (Å²) in [4.78, 5) is 10.6. The Kier molecular flexibility index (Phi) is 4.73. The molecule has 3 nitrogen and oxygen atoms in total. The first-order chi connectivity index (χ1) is 5.45. The van der Waals surface area contributed by atoms with Crippen molar-refractivity contribution in [2.24, 2.45) is 5.73 Å². The van der Waals surface area contributed by atoms with Crippen molar-refractivity contribution in [2.75, 3.05) is 6.73 Å². The van der Waals surface area contributed by atoms with Gasteiger partial charge in [0.15, 0.2) is 0 Å². The smallest absolute Gasteiger partial charge is 0.307 e. The van der Waals surface area contributed by atoms with Gasteiger partial charge in [0.2, 0.25) is 5.92 Å². The molecule has 12 heavy (non-hydrogen) atoms. The first-order valence-corrected chi connectivity index (χ1v) is 3.69. The first kappa shape index (κ1) is 11.3. The molecule has 0 amide bonds. The van der Waals surface area contributed by atoms with E-state index in [1.807, 2.05) is 0 Å². The van der Waals surface area contributed by atoms with Crippen LogP contribution in [0.15, 0.2) is 0 Å². The van der Waals surface area contributed by atoms with Crippen molar-refractivity contribution < 1.29 is 18.3 Å². The molecular formula is C7H13F2NO2. The minimum Gasteiger partial charge on any atom is -0.450 e. The highest BCUT2D eigenvalue weighted by molar-refractivity contribution is 5.69. The van der Waals surface area contributed by atoms with E-state index in [0.29, 0.717) is 0 Å². The Morgan fingerprint density at radius 1 is 1.58 bits per heavy atom. The van der Waals surface area contributed by atoms with Crippen LogP contribution in [0.25, 0.3) is 0 Å². The zero-order valence-electron chi connectivity index (χ0n) is 6.98. The van der Waals surface area contributed by atoms with E-state index in [9.17, 15) is 13.6 Å². The Morgan fingerprint density at radius 3 is 2.58 bits per heavy atom. The third kappa shape index (κ3) is 7.40. The predicted molar refractivity (Wildman–Crippen MR) is 39.6 cm³/mol. The third-order valence-corrected chi connectivity index (χ3v) is 1.24. The van der Waals surface area contributed by atoms with Gasteiger partial charge in [-0.25, -0.2) is 8.78 Å². The molecule has 0 aliphatic rings. The quantitative estimate of drug-likeness (QED) is 0.513. The van der Waals surface area contributed by atoms with Crippen LogP contribution in [0.3, 0.4) is 0 Å². The van der Waals surface area contributed by atoms with Gasteiger partial charge in [-0.3, -0.25) is 10.5 Å². The molecule has 0 aromatic rings. The fourth-order valence-corrected chi connectivity index (χ4v) is 0.708. The normalized spacial score (nSPS) is 11.3. The molecule has 0 unspecified atom stereocenters. The molecule has 0 aromatic heterocycles. The second-order valence-corrected chi connectivity index (χ2v) is 2.61. The van der Waals surface area contributed by atoms with Crippen LogP contribution in [0.2, 0.25) is 0 Å². The number of halogens is 2. The molecule has 0 saturated heterocycles. The van der Waals surface area contributed by atoms with Gasteiger partial charge >= 0.3 is 5.97 Å². The van der Waals surface area contributed by atoms with Crippen molar-refractivity contribution in [2.45, 2.75) is 32.1 Å². The largest absolute Gasteiger partial charge is 0.450 e. The van der Waals surface area contributed by atoms with Crippen LogP contribution in [-0.2, 0) is 9.53 Å². The molecule has 0 spiro atoms. The van der Waals surface area contributed by atoms with Gasteiger partial charge in [0.1, 0.15) is 6.73 Å². The number of esters is 1. The van der Waals surface area contributed by atoms with Gasteiger partial charge in [-0.15, -0.1) is 0 Å². The van der Waals surface area contributed by atoms with Gasteiger partial charge < -0.3 is 4.74 Å². The highest BCUT2D eigenvalue weighted by atomic mass is 19.3. The fraction of sp³-hybridized carbons (Fsp3) is 0.857. The van der Waals surface area contributed by atoms with Crippen molar-refractivity contribution in [1.29, 1.82) is 0 Å². The third-order valence-electron chi connectivity index (χ3n) is 1.24. The van der Waals surface area contributed by atoms with E-state index in [1.54, 1.807) is 0 Å². The topological polar surface area (TPSA) is 52.3 Å². The van der Waals surface area contributed by atoms with Gasteiger partial charge in [0.25, 0.3) is 0 Å². The number of alkyl halides is 2. The second kappa shape index (κ2) is 5.03. The molecule has 2 N–H and O–H groups in total. The average molecular weight is 181 g/mol. The Bertz CT molecular complexity index is 145. The summed E-state index contributed by atoms with van der Waals surface area (Å²) in [7, 11) is 0. The minimum atomic E-state index is -2.71. The predicted octanol–water partition coefficient (Wildman–Crippen LogP) is 1.27. The highest BCUT2D eigenvalue weighted by Gasteiger charge is 2.20. The standard InChI is InChI=1S/C7H13F2NO2/c1-7(8,9)4-2-3-6(11)12-5-10/h2-5,10H2,1H3. The monoisotopic (exact) mass is 181 g/mol. The van der Waals surface area contributed by atoms with Crippen molar-refractivity contribution in [1.82, 2.24) is 0 Å². The van der Waals surface area contributed by atoms with E-state index in [-0.39, 0.29) is 26.0 Å². The molecule has 0 aliphatic carbocycles. The average Bonchev–Trinajstić information content (AvgIpc) is 1.84. The molecule has 0 rings (SSSR count). The van der Waals surface area contributed by atoms with Gasteiger partial charge in [0, 0.05) is 12.8 Å². The van der Waals surface area contributed by atoms with E-state index >= 15 is 0 Å². The molecule has 0 saturated carbocycles. The summed E-state index contributed by atoms with van der Waals surface area (Å²) >= 11 is 0. The summed E-state index contributed by atoms with van der Waals surface area (Å²) in [6.07, 6.45) is -0.171. The summed E-state index contributed by atoms with van der Waals surface area (Å²) in [5.41, 5.74) is 4.90. The molecule has 5 heteroatoms. The molecule has 0 aromatic carbocycles. The lowest BCUT2D eigenvalue weighted by Gasteiger charge is -2.08. The van der Waals surface area contributed by atoms with Crippen LogP contribution < -0.4 is 5.73 Å².